The molecular weight excluding hydrogens is 314 g/mol. The van der Waals surface area contributed by atoms with Crippen LogP contribution in [0.5, 0.6) is 0 Å². The van der Waals surface area contributed by atoms with Crippen molar-refractivity contribution >= 4 is 5.91 Å². The van der Waals surface area contributed by atoms with Crippen LogP contribution in [-0.4, -0.2) is 56.7 Å². The molecule has 1 atom stereocenters. The molecule has 4 rings (SSSR count). The highest BCUT2D eigenvalue weighted by atomic mass is 16.2. The van der Waals surface area contributed by atoms with Gasteiger partial charge >= 0.3 is 0 Å². The predicted octanol–water partition coefficient (Wildman–Crippen LogP) is 2.31. The number of carbonyl (C=O) groups is 1. The molecule has 25 heavy (non-hydrogen) atoms. The first-order valence-electron chi connectivity index (χ1n) is 10.1. The van der Waals surface area contributed by atoms with E-state index >= 15 is 0 Å². The number of hydrogen-bond donors (Lipinski definition) is 0. The van der Waals surface area contributed by atoms with E-state index in [0.29, 0.717) is 11.8 Å². The minimum Gasteiger partial charge on any atom is -0.342 e. The average molecular weight is 345 g/mol. The van der Waals surface area contributed by atoms with Gasteiger partial charge in [-0.15, -0.1) is 10.2 Å². The molecule has 0 aromatic carbocycles. The summed E-state index contributed by atoms with van der Waals surface area (Å²) in [6.45, 7) is 5.00. The Labute approximate surface area is 150 Å². The van der Waals surface area contributed by atoms with E-state index in [0.717, 1.165) is 57.0 Å². The number of hydrogen-bond acceptors (Lipinski definition) is 4. The third-order valence-corrected chi connectivity index (χ3v) is 6.37. The molecule has 1 aromatic rings. The Morgan fingerprint density at radius 1 is 1.00 bits per heavy atom. The van der Waals surface area contributed by atoms with Gasteiger partial charge in [0.25, 0.3) is 0 Å². The van der Waals surface area contributed by atoms with E-state index in [2.05, 4.69) is 31.6 Å². The summed E-state index contributed by atoms with van der Waals surface area (Å²) in [7, 11) is 2.10. The molecule has 0 N–H and O–H groups in total. The van der Waals surface area contributed by atoms with E-state index < -0.39 is 0 Å². The first kappa shape index (κ1) is 17.0. The number of likely N-dealkylation sites (tertiary alicyclic amines) is 2. The van der Waals surface area contributed by atoms with Crippen molar-refractivity contribution in [1.29, 1.82) is 0 Å². The fourth-order valence-electron chi connectivity index (χ4n) is 4.83. The number of piperidine rings is 1. The Balaban J connectivity index is 1.42. The lowest BCUT2D eigenvalue weighted by Crippen LogP contribution is -2.42. The van der Waals surface area contributed by atoms with Crippen molar-refractivity contribution in [3.8, 4) is 0 Å². The van der Waals surface area contributed by atoms with Gasteiger partial charge in [0.2, 0.25) is 5.91 Å². The van der Waals surface area contributed by atoms with Crippen molar-refractivity contribution in [2.24, 2.45) is 13.0 Å². The van der Waals surface area contributed by atoms with E-state index in [4.69, 9.17) is 0 Å². The molecule has 0 spiro atoms. The predicted molar refractivity (Wildman–Crippen MR) is 96.0 cm³/mol. The summed E-state index contributed by atoms with van der Waals surface area (Å²) in [5.41, 5.74) is 0. The van der Waals surface area contributed by atoms with Crippen molar-refractivity contribution in [2.75, 3.05) is 26.2 Å². The lowest BCUT2D eigenvalue weighted by atomic mass is 9.95. The molecule has 3 fully saturated rings. The summed E-state index contributed by atoms with van der Waals surface area (Å²) in [4.78, 5) is 17.3. The minimum absolute atomic E-state index is 0.281. The van der Waals surface area contributed by atoms with Gasteiger partial charge in [-0.05, 0) is 51.6 Å². The SMILES string of the molecule is Cn1c(CN2CCCC2)nnc1[C@H]1CCCN(C(=O)C2CCCC2)C1. The summed E-state index contributed by atoms with van der Waals surface area (Å²) in [6, 6.07) is 0. The molecule has 1 aliphatic carbocycles. The van der Waals surface area contributed by atoms with Crippen LogP contribution in [0.3, 0.4) is 0 Å². The van der Waals surface area contributed by atoms with Gasteiger partial charge in [0.05, 0.1) is 6.54 Å². The first-order chi connectivity index (χ1) is 12.2. The third kappa shape index (κ3) is 3.59. The second kappa shape index (κ2) is 7.44. The van der Waals surface area contributed by atoms with Crippen molar-refractivity contribution in [2.45, 2.75) is 63.8 Å². The molecule has 1 aromatic heterocycles. The molecule has 1 amide bonds. The van der Waals surface area contributed by atoms with E-state index in [1.807, 2.05) is 0 Å². The first-order valence-corrected chi connectivity index (χ1v) is 10.1. The zero-order valence-electron chi connectivity index (χ0n) is 15.5. The molecule has 6 nitrogen and oxygen atoms in total. The van der Waals surface area contributed by atoms with E-state index in [1.54, 1.807) is 0 Å². The largest absolute Gasteiger partial charge is 0.342 e. The van der Waals surface area contributed by atoms with Gasteiger partial charge in [0.1, 0.15) is 11.6 Å². The third-order valence-electron chi connectivity index (χ3n) is 6.37. The second-order valence-corrected chi connectivity index (χ2v) is 8.12. The van der Waals surface area contributed by atoms with Crippen LogP contribution in [0.25, 0.3) is 0 Å². The van der Waals surface area contributed by atoms with Gasteiger partial charge in [-0.2, -0.15) is 0 Å². The Hall–Kier alpha value is -1.43. The lowest BCUT2D eigenvalue weighted by molar-refractivity contribution is -0.136. The highest BCUT2D eigenvalue weighted by molar-refractivity contribution is 5.79. The average Bonchev–Trinajstić information content (AvgIpc) is 3.38. The molecule has 2 aliphatic heterocycles. The number of rotatable bonds is 4. The second-order valence-electron chi connectivity index (χ2n) is 8.12. The van der Waals surface area contributed by atoms with Gasteiger partial charge in [-0.25, -0.2) is 0 Å². The lowest BCUT2D eigenvalue weighted by Gasteiger charge is -2.34. The molecule has 3 heterocycles. The van der Waals surface area contributed by atoms with Gasteiger partial charge in [0, 0.05) is 32.0 Å². The Bertz CT molecular complexity index is 601. The van der Waals surface area contributed by atoms with Gasteiger partial charge in [-0.1, -0.05) is 12.8 Å². The molecule has 0 unspecified atom stereocenters. The summed E-state index contributed by atoms with van der Waals surface area (Å²) in [6.07, 6.45) is 9.40. The number of aromatic nitrogens is 3. The highest BCUT2D eigenvalue weighted by Gasteiger charge is 2.32. The molecular formula is C19H31N5O. The zero-order valence-corrected chi connectivity index (χ0v) is 15.5. The maximum atomic E-state index is 12.8. The topological polar surface area (TPSA) is 54.3 Å². The number of nitrogens with zero attached hydrogens (tertiary/aromatic N) is 5. The van der Waals surface area contributed by atoms with Crippen LogP contribution in [0.4, 0.5) is 0 Å². The van der Waals surface area contributed by atoms with Gasteiger partial charge in [0.15, 0.2) is 0 Å². The summed E-state index contributed by atoms with van der Waals surface area (Å²) >= 11 is 0. The quantitative estimate of drug-likeness (QED) is 0.840. The van der Waals surface area contributed by atoms with Crippen molar-refractivity contribution in [3.05, 3.63) is 11.6 Å². The maximum Gasteiger partial charge on any atom is 0.225 e. The maximum absolute atomic E-state index is 12.8. The van der Waals surface area contributed by atoms with Crippen molar-refractivity contribution in [1.82, 2.24) is 24.6 Å². The monoisotopic (exact) mass is 345 g/mol. The molecule has 0 bridgehead atoms. The van der Waals surface area contributed by atoms with Crippen LogP contribution in [0.15, 0.2) is 0 Å². The summed E-state index contributed by atoms with van der Waals surface area (Å²) < 4.78 is 2.19. The van der Waals surface area contributed by atoms with Crippen LogP contribution in [0, 0.1) is 5.92 Å². The Morgan fingerprint density at radius 3 is 2.52 bits per heavy atom. The summed E-state index contributed by atoms with van der Waals surface area (Å²) in [5, 5.41) is 8.99. The molecule has 1 saturated carbocycles. The summed E-state index contributed by atoms with van der Waals surface area (Å²) in [5.74, 6) is 3.14. The number of amides is 1. The van der Waals surface area contributed by atoms with E-state index in [1.165, 1.54) is 38.8 Å². The minimum atomic E-state index is 0.281. The Kier molecular flexibility index (Phi) is 5.06. The number of carbonyl (C=O) groups excluding carboxylic acids is 1. The van der Waals surface area contributed by atoms with Crippen molar-refractivity contribution < 1.29 is 4.79 Å². The standard InChI is InChI=1S/C19H31N5O/c1-22-17(14-23-10-4-5-11-23)20-21-18(22)16-9-6-12-24(13-16)19(25)15-7-2-3-8-15/h15-16H,2-14H2,1H3/t16-/m0/s1. The van der Waals surface area contributed by atoms with Gasteiger partial charge < -0.3 is 9.47 Å². The van der Waals surface area contributed by atoms with Crippen LogP contribution >= 0.6 is 0 Å². The normalized spacial score (nSPS) is 25.8. The van der Waals surface area contributed by atoms with Crippen LogP contribution in [0.1, 0.15) is 68.9 Å². The van der Waals surface area contributed by atoms with Crippen LogP contribution in [-0.2, 0) is 18.4 Å². The Morgan fingerprint density at radius 2 is 1.76 bits per heavy atom. The van der Waals surface area contributed by atoms with Crippen LogP contribution < -0.4 is 0 Å². The molecule has 138 valence electrons. The zero-order chi connectivity index (χ0) is 17.2. The molecule has 3 aliphatic rings. The fraction of sp³-hybridized carbons (Fsp3) is 0.842. The van der Waals surface area contributed by atoms with Crippen molar-refractivity contribution in [3.63, 3.8) is 0 Å². The highest BCUT2D eigenvalue weighted by Crippen LogP contribution is 2.31. The molecule has 0 radical (unpaired) electrons. The van der Waals surface area contributed by atoms with Gasteiger partial charge in [-0.3, -0.25) is 9.69 Å². The van der Waals surface area contributed by atoms with E-state index in [-0.39, 0.29) is 5.92 Å². The van der Waals surface area contributed by atoms with E-state index in [9.17, 15) is 4.79 Å². The molecule has 6 heteroatoms. The molecule has 2 saturated heterocycles. The fourth-order valence-corrected chi connectivity index (χ4v) is 4.83. The van der Waals surface area contributed by atoms with Crippen LogP contribution in [0.2, 0.25) is 0 Å². The smallest absolute Gasteiger partial charge is 0.225 e.